The molecule has 1 rings (SSSR count). The summed E-state index contributed by atoms with van der Waals surface area (Å²) >= 11 is 0. The van der Waals surface area contributed by atoms with Gasteiger partial charge in [-0.15, -0.1) is 0 Å². The van der Waals surface area contributed by atoms with Crippen LogP contribution in [0.15, 0.2) is 12.1 Å². The number of nitrogens with one attached hydrogen (secondary N) is 1. The number of halogens is 1. The van der Waals surface area contributed by atoms with Gasteiger partial charge >= 0.3 is 5.97 Å². The Bertz CT molecular complexity index is 462. The van der Waals surface area contributed by atoms with Gasteiger partial charge in [-0.1, -0.05) is 0 Å². The summed E-state index contributed by atoms with van der Waals surface area (Å²) in [7, 11) is 1.44. The molecule has 0 aliphatic carbocycles. The van der Waals surface area contributed by atoms with Gasteiger partial charge in [0.15, 0.2) is 5.82 Å². The lowest BCUT2D eigenvalue weighted by atomic mass is 10.1. The second kappa shape index (κ2) is 5.24. The summed E-state index contributed by atoms with van der Waals surface area (Å²) in [6, 6.07) is 1.75. The van der Waals surface area contributed by atoms with E-state index >= 15 is 0 Å². The number of esters is 1. The van der Waals surface area contributed by atoms with Crippen LogP contribution in [0.2, 0.25) is 0 Å². The first-order valence-electron chi connectivity index (χ1n) is 4.84. The van der Waals surface area contributed by atoms with Crippen molar-refractivity contribution >= 4 is 17.3 Å². The number of nitro benzene ring substituents is 1. The van der Waals surface area contributed by atoms with Gasteiger partial charge in [-0.25, -0.2) is 9.18 Å². The van der Waals surface area contributed by atoms with Crippen molar-refractivity contribution in [3.8, 4) is 0 Å². The zero-order chi connectivity index (χ0) is 13.0. The summed E-state index contributed by atoms with van der Waals surface area (Å²) in [5.74, 6) is -1.65. The second-order valence-electron chi connectivity index (χ2n) is 3.08. The predicted molar refractivity (Wildman–Crippen MR) is 58.6 cm³/mol. The van der Waals surface area contributed by atoms with Crippen LogP contribution in [-0.2, 0) is 4.74 Å². The van der Waals surface area contributed by atoms with Gasteiger partial charge < -0.3 is 10.1 Å². The van der Waals surface area contributed by atoms with Gasteiger partial charge in [0.1, 0.15) is 5.56 Å². The molecule has 0 saturated heterocycles. The smallest absolute Gasteiger partial charge is 0.345 e. The highest BCUT2D eigenvalue weighted by atomic mass is 19.1. The third kappa shape index (κ3) is 2.68. The number of nitro groups is 1. The maximum atomic E-state index is 13.3. The van der Waals surface area contributed by atoms with Gasteiger partial charge in [0, 0.05) is 7.05 Å². The van der Waals surface area contributed by atoms with E-state index in [4.69, 9.17) is 0 Å². The predicted octanol–water partition coefficient (Wildman–Crippen LogP) is 1.95. The normalized spacial score (nSPS) is 9.82. The number of rotatable bonds is 4. The molecule has 92 valence electrons. The molecule has 1 N–H and O–H groups in total. The van der Waals surface area contributed by atoms with E-state index in [1.54, 1.807) is 6.92 Å². The minimum absolute atomic E-state index is 0.00125. The number of benzene rings is 1. The maximum absolute atomic E-state index is 13.3. The first-order chi connectivity index (χ1) is 8.01. The summed E-state index contributed by atoms with van der Waals surface area (Å²) in [5.41, 5.74) is -0.888. The molecule has 0 bridgehead atoms. The minimum Gasteiger partial charge on any atom is -0.462 e. The zero-order valence-electron chi connectivity index (χ0n) is 9.32. The van der Waals surface area contributed by atoms with Crippen molar-refractivity contribution < 1.29 is 18.8 Å². The molecule has 17 heavy (non-hydrogen) atoms. The molecule has 0 aliphatic heterocycles. The number of carbonyl (C=O) groups excluding carboxylic acids is 1. The Morgan fingerprint density at radius 1 is 1.59 bits per heavy atom. The Balaban J connectivity index is 3.33. The van der Waals surface area contributed by atoms with Crippen molar-refractivity contribution in [2.75, 3.05) is 19.0 Å². The lowest BCUT2D eigenvalue weighted by Crippen LogP contribution is -2.09. The Labute approximate surface area is 96.5 Å². The van der Waals surface area contributed by atoms with Crippen molar-refractivity contribution in [3.05, 3.63) is 33.6 Å². The SMILES string of the molecule is CCOC(=O)c1cc(NC)c(F)cc1[N+](=O)[O-]. The van der Waals surface area contributed by atoms with E-state index in [0.29, 0.717) is 6.07 Å². The van der Waals surface area contributed by atoms with Crippen LogP contribution in [0, 0.1) is 15.9 Å². The van der Waals surface area contributed by atoms with E-state index in [2.05, 4.69) is 10.1 Å². The minimum atomic E-state index is -0.851. The summed E-state index contributed by atoms with van der Waals surface area (Å²) in [4.78, 5) is 21.3. The monoisotopic (exact) mass is 242 g/mol. The highest BCUT2D eigenvalue weighted by Gasteiger charge is 2.24. The van der Waals surface area contributed by atoms with Gasteiger partial charge in [0.25, 0.3) is 5.69 Å². The fraction of sp³-hybridized carbons (Fsp3) is 0.300. The first-order valence-corrected chi connectivity index (χ1v) is 4.84. The van der Waals surface area contributed by atoms with Crippen LogP contribution >= 0.6 is 0 Å². The largest absolute Gasteiger partial charge is 0.462 e. The molecule has 0 aliphatic rings. The third-order valence-corrected chi connectivity index (χ3v) is 2.05. The van der Waals surface area contributed by atoms with Crippen LogP contribution in [0.25, 0.3) is 0 Å². The summed E-state index contributed by atoms with van der Waals surface area (Å²) in [5, 5.41) is 13.2. The lowest BCUT2D eigenvalue weighted by molar-refractivity contribution is -0.385. The van der Waals surface area contributed by atoms with Crippen molar-refractivity contribution in [1.82, 2.24) is 0 Å². The van der Waals surface area contributed by atoms with Crippen LogP contribution in [-0.4, -0.2) is 24.5 Å². The molecule has 7 heteroatoms. The van der Waals surface area contributed by atoms with Crippen LogP contribution in [0.5, 0.6) is 0 Å². The highest BCUT2D eigenvalue weighted by Crippen LogP contribution is 2.26. The van der Waals surface area contributed by atoms with E-state index in [9.17, 15) is 19.3 Å². The van der Waals surface area contributed by atoms with E-state index in [-0.39, 0.29) is 17.9 Å². The number of nitrogens with zero attached hydrogens (tertiary/aromatic N) is 1. The van der Waals surface area contributed by atoms with Crippen LogP contribution in [0.3, 0.4) is 0 Å². The molecule has 0 unspecified atom stereocenters. The molecule has 0 amide bonds. The van der Waals surface area contributed by atoms with Gasteiger partial charge in [0.05, 0.1) is 23.3 Å². The van der Waals surface area contributed by atoms with E-state index in [1.807, 2.05) is 0 Å². The van der Waals surface area contributed by atoms with Crippen molar-refractivity contribution in [2.45, 2.75) is 6.92 Å². The van der Waals surface area contributed by atoms with Gasteiger partial charge in [-0.2, -0.15) is 0 Å². The van der Waals surface area contributed by atoms with Gasteiger partial charge in [-0.3, -0.25) is 10.1 Å². The molecule has 6 nitrogen and oxygen atoms in total. The fourth-order valence-electron chi connectivity index (χ4n) is 1.28. The topological polar surface area (TPSA) is 81.5 Å². The zero-order valence-corrected chi connectivity index (χ0v) is 9.32. The van der Waals surface area contributed by atoms with Crippen molar-refractivity contribution in [3.63, 3.8) is 0 Å². The third-order valence-electron chi connectivity index (χ3n) is 2.05. The number of carbonyl (C=O) groups is 1. The molecule has 0 spiro atoms. The van der Waals surface area contributed by atoms with Gasteiger partial charge in [-0.05, 0) is 13.0 Å². The van der Waals surface area contributed by atoms with Gasteiger partial charge in [0.2, 0.25) is 0 Å². The lowest BCUT2D eigenvalue weighted by Gasteiger charge is -2.06. The molecule has 0 radical (unpaired) electrons. The average molecular weight is 242 g/mol. The van der Waals surface area contributed by atoms with E-state index in [0.717, 1.165) is 6.07 Å². The Kier molecular flexibility index (Phi) is 3.97. The molecule has 1 aromatic rings. The molecule has 0 aromatic heterocycles. The average Bonchev–Trinajstić information content (AvgIpc) is 2.28. The molecule has 0 atom stereocenters. The van der Waals surface area contributed by atoms with Crippen molar-refractivity contribution in [2.24, 2.45) is 0 Å². The van der Waals surface area contributed by atoms with E-state index in [1.165, 1.54) is 7.05 Å². The molecule has 0 saturated carbocycles. The van der Waals surface area contributed by atoms with Crippen molar-refractivity contribution in [1.29, 1.82) is 0 Å². The summed E-state index contributed by atoms with van der Waals surface area (Å²) < 4.78 is 18.0. The first kappa shape index (κ1) is 12.9. The highest BCUT2D eigenvalue weighted by molar-refractivity contribution is 5.95. The standard InChI is InChI=1S/C10H11FN2O4/c1-3-17-10(14)6-4-8(12-2)7(11)5-9(6)13(15)16/h4-5,12H,3H2,1-2H3. The number of anilines is 1. The molecular formula is C10H11FN2O4. The number of ether oxygens (including phenoxy) is 1. The fourth-order valence-corrected chi connectivity index (χ4v) is 1.28. The molecule has 0 fully saturated rings. The molecular weight excluding hydrogens is 231 g/mol. The summed E-state index contributed by atoms with van der Waals surface area (Å²) in [6.07, 6.45) is 0. The quantitative estimate of drug-likeness (QED) is 0.495. The summed E-state index contributed by atoms with van der Waals surface area (Å²) in [6.45, 7) is 1.66. The second-order valence-corrected chi connectivity index (χ2v) is 3.08. The Morgan fingerprint density at radius 2 is 2.24 bits per heavy atom. The Hall–Kier alpha value is -2.18. The number of hydrogen-bond acceptors (Lipinski definition) is 5. The maximum Gasteiger partial charge on any atom is 0.345 e. The molecule has 1 aromatic carbocycles. The van der Waals surface area contributed by atoms with Crippen LogP contribution in [0.4, 0.5) is 15.8 Å². The van der Waals surface area contributed by atoms with E-state index < -0.39 is 22.4 Å². The number of hydrogen-bond donors (Lipinski definition) is 1. The van der Waals surface area contributed by atoms with Crippen LogP contribution < -0.4 is 5.32 Å². The van der Waals surface area contributed by atoms with Crippen LogP contribution in [0.1, 0.15) is 17.3 Å². The molecule has 0 heterocycles. The Morgan fingerprint density at radius 3 is 2.71 bits per heavy atom.